The molecule has 0 radical (unpaired) electrons. The van der Waals surface area contributed by atoms with E-state index in [1.165, 1.54) is 0 Å². The molecule has 0 bridgehead atoms. The van der Waals surface area contributed by atoms with Gasteiger partial charge in [0.1, 0.15) is 0 Å². The van der Waals surface area contributed by atoms with Gasteiger partial charge in [0.15, 0.2) is 0 Å². The predicted molar refractivity (Wildman–Crippen MR) is 75.0 cm³/mol. The van der Waals surface area contributed by atoms with Gasteiger partial charge in [0, 0.05) is 37.3 Å². The van der Waals surface area contributed by atoms with E-state index >= 15 is 0 Å². The quantitative estimate of drug-likeness (QED) is 0.907. The fourth-order valence-electron chi connectivity index (χ4n) is 1.56. The summed E-state index contributed by atoms with van der Waals surface area (Å²) < 4.78 is 0. The van der Waals surface area contributed by atoms with E-state index < -0.39 is 0 Å². The summed E-state index contributed by atoms with van der Waals surface area (Å²) in [4.78, 5) is 17.9. The molecule has 0 aromatic carbocycles. The van der Waals surface area contributed by atoms with Gasteiger partial charge in [0.05, 0.1) is 17.0 Å². The van der Waals surface area contributed by atoms with E-state index in [2.05, 4.69) is 10.3 Å². The van der Waals surface area contributed by atoms with Crippen molar-refractivity contribution in [2.75, 3.05) is 31.9 Å². The van der Waals surface area contributed by atoms with Crippen LogP contribution in [-0.4, -0.2) is 47.7 Å². The van der Waals surface area contributed by atoms with Crippen LogP contribution in [0.15, 0.2) is 10.9 Å². The number of thioether (sulfide) groups is 1. The van der Waals surface area contributed by atoms with Gasteiger partial charge in [-0.05, 0) is 0 Å². The van der Waals surface area contributed by atoms with E-state index in [1.54, 1.807) is 23.1 Å². The van der Waals surface area contributed by atoms with Gasteiger partial charge in [-0.15, -0.1) is 35.5 Å². The Bertz CT molecular complexity index is 328. The SMILES string of the molecule is Cl.O=C(CSCc1cscn1)N1CCNCC1. The third kappa shape index (κ3) is 4.83. The number of amides is 1. The molecular formula is C10H16ClN3OS2. The van der Waals surface area contributed by atoms with Gasteiger partial charge in [-0.3, -0.25) is 4.79 Å². The minimum Gasteiger partial charge on any atom is -0.339 e. The summed E-state index contributed by atoms with van der Waals surface area (Å²) in [5.74, 6) is 1.65. The first-order valence-electron chi connectivity index (χ1n) is 5.29. The first kappa shape index (κ1) is 14.8. The number of halogens is 1. The van der Waals surface area contributed by atoms with Crippen molar-refractivity contribution in [3.8, 4) is 0 Å². The van der Waals surface area contributed by atoms with E-state index in [0.29, 0.717) is 5.75 Å². The van der Waals surface area contributed by atoms with Crippen LogP contribution in [0.1, 0.15) is 5.69 Å². The van der Waals surface area contributed by atoms with Crippen LogP contribution < -0.4 is 5.32 Å². The maximum Gasteiger partial charge on any atom is 0.232 e. The first-order valence-corrected chi connectivity index (χ1v) is 7.39. The van der Waals surface area contributed by atoms with E-state index in [9.17, 15) is 4.79 Å². The summed E-state index contributed by atoms with van der Waals surface area (Å²) in [6.07, 6.45) is 0. The average Bonchev–Trinajstić information content (AvgIpc) is 2.83. The molecule has 0 spiro atoms. The van der Waals surface area contributed by atoms with Crippen molar-refractivity contribution in [3.05, 3.63) is 16.6 Å². The van der Waals surface area contributed by atoms with Crippen LogP contribution in [0.2, 0.25) is 0 Å². The zero-order valence-electron chi connectivity index (χ0n) is 9.42. The molecule has 2 rings (SSSR count). The summed E-state index contributed by atoms with van der Waals surface area (Å²) in [5, 5.41) is 5.27. The first-order chi connectivity index (χ1) is 7.86. The Kier molecular flexibility index (Phi) is 6.87. The van der Waals surface area contributed by atoms with Gasteiger partial charge in [0.2, 0.25) is 5.91 Å². The molecule has 4 nitrogen and oxygen atoms in total. The van der Waals surface area contributed by atoms with Crippen molar-refractivity contribution in [1.82, 2.24) is 15.2 Å². The highest BCUT2D eigenvalue weighted by atomic mass is 35.5. The van der Waals surface area contributed by atoms with Crippen LogP contribution in [0.25, 0.3) is 0 Å². The topological polar surface area (TPSA) is 45.2 Å². The summed E-state index contributed by atoms with van der Waals surface area (Å²) in [5.41, 5.74) is 2.90. The Labute approximate surface area is 116 Å². The number of aromatic nitrogens is 1. The number of nitrogens with zero attached hydrogens (tertiary/aromatic N) is 2. The highest BCUT2D eigenvalue weighted by molar-refractivity contribution is 7.99. The Morgan fingerprint density at radius 2 is 2.29 bits per heavy atom. The van der Waals surface area contributed by atoms with Gasteiger partial charge >= 0.3 is 0 Å². The van der Waals surface area contributed by atoms with Gasteiger partial charge in [-0.25, -0.2) is 4.98 Å². The molecule has 1 fully saturated rings. The zero-order chi connectivity index (χ0) is 11.2. The minimum atomic E-state index is 0. The molecule has 1 amide bonds. The molecule has 0 unspecified atom stereocenters. The molecule has 7 heteroatoms. The number of hydrogen-bond acceptors (Lipinski definition) is 5. The van der Waals surface area contributed by atoms with Crippen molar-refractivity contribution >= 4 is 41.4 Å². The number of thiazole rings is 1. The monoisotopic (exact) mass is 293 g/mol. The van der Waals surface area contributed by atoms with E-state index in [4.69, 9.17) is 0 Å². The maximum absolute atomic E-state index is 11.8. The lowest BCUT2D eigenvalue weighted by Gasteiger charge is -2.27. The van der Waals surface area contributed by atoms with E-state index in [-0.39, 0.29) is 18.3 Å². The molecule has 1 N–H and O–H groups in total. The lowest BCUT2D eigenvalue weighted by atomic mass is 10.3. The second kappa shape index (κ2) is 7.92. The van der Waals surface area contributed by atoms with Gasteiger partial charge in [-0.1, -0.05) is 0 Å². The fraction of sp³-hybridized carbons (Fsp3) is 0.600. The van der Waals surface area contributed by atoms with Crippen LogP contribution in [0, 0.1) is 0 Å². The number of carbonyl (C=O) groups is 1. The standard InChI is InChI=1S/C10H15N3OS2.ClH/c14-10(13-3-1-11-2-4-13)7-15-5-9-6-16-8-12-9;/h6,8,11H,1-5,7H2;1H. The van der Waals surface area contributed by atoms with Crippen LogP contribution in [0.3, 0.4) is 0 Å². The molecular weight excluding hydrogens is 278 g/mol. The Balaban J connectivity index is 0.00000144. The van der Waals surface area contributed by atoms with Gasteiger partial charge in [-0.2, -0.15) is 0 Å². The molecule has 17 heavy (non-hydrogen) atoms. The molecule has 0 aliphatic carbocycles. The van der Waals surface area contributed by atoms with E-state index in [0.717, 1.165) is 37.6 Å². The maximum atomic E-state index is 11.8. The third-order valence-corrected chi connectivity index (χ3v) is 4.01. The van der Waals surface area contributed by atoms with Crippen molar-refractivity contribution in [2.45, 2.75) is 5.75 Å². The molecule has 1 aromatic heterocycles. The summed E-state index contributed by atoms with van der Waals surface area (Å²) in [6, 6.07) is 0. The lowest BCUT2D eigenvalue weighted by Crippen LogP contribution is -2.47. The van der Waals surface area contributed by atoms with Crippen LogP contribution >= 0.6 is 35.5 Å². The third-order valence-electron chi connectivity index (χ3n) is 2.43. The van der Waals surface area contributed by atoms with Gasteiger partial charge in [0.25, 0.3) is 0 Å². The predicted octanol–water partition coefficient (Wildman–Crippen LogP) is 1.23. The van der Waals surface area contributed by atoms with Crippen molar-refractivity contribution in [3.63, 3.8) is 0 Å². The van der Waals surface area contributed by atoms with E-state index in [1.807, 2.05) is 15.8 Å². The summed E-state index contributed by atoms with van der Waals surface area (Å²) >= 11 is 3.24. The highest BCUT2D eigenvalue weighted by Gasteiger charge is 2.15. The molecule has 1 saturated heterocycles. The molecule has 0 atom stereocenters. The largest absolute Gasteiger partial charge is 0.339 e. The minimum absolute atomic E-state index is 0. The van der Waals surface area contributed by atoms with Crippen molar-refractivity contribution in [1.29, 1.82) is 0 Å². The second-order valence-corrected chi connectivity index (χ2v) is 5.31. The van der Waals surface area contributed by atoms with Crippen molar-refractivity contribution in [2.24, 2.45) is 0 Å². The molecule has 2 heterocycles. The molecule has 1 aliphatic heterocycles. The number of carbonyl (C=O) groups excluding carboxylic acids is 1. The average molecular weight is 294 g/mol. The van der Waals surface area contributed by atoms with Gasteiger partial charge < -0.3 is 10.2 Å². The Morgan fingerprint density at radius 3 is 2.94 bits per heavy atom. The smallest absolute Gasteiger partial charge is 0.232 e. The number of rotatable bonds is 4. The Morgan fingerprint density at radius 1 is 1.53 bits per heavy atom. The lowest BCUT2D eigenvalue weighted by molar-refractivity contribution is -0.128. The van der Waals surface area contributed by atoms with Crippen LogP contribution in [0.5, 0.6) is 0 Å². The normalized spacial score (nSPS) is 15.4. The zero-order valence-corrected chi connectivity index (χ0v) is 11.9. The number of piperazine rings is 1. The molecule has 0 saturated carbocycles. The van der Waals surface area contributed by atoms with Crippen LogP contribution in [-0.2, 0) is 10.5 Å². The molecule has 1 aromatic rings. The summed E-state index contributed by atoms with van der Waals surface area (Å²) in [7, 11) is 0. The number of nitrogens with one attached hydrogen (secondary N) is 1. The summed E-state index contributed by atoms with van der Waals surface area (Å²) in [6.45, 7) is 3.52. The fourth-order valence-corrected chi connectivity index (χ4v) is 3.05. The highest BCUT2D eigenvalue weighted by Crippen LogP contribution is 2.12. The number of hydrogen-bond donors (Lipinski definition) is 1. The molecule has 96 valence electrons. The Hall–Kier alpha value is -0.300. The molecule has 1 aliphatic rings. The second-order valence-electron chi connectivity index (χ2n) is 3.60. The van der Waals surface area contributed by atoms with Crippen LogP contribution in [0.4, 0.5) is 0 Å². The van der Waals surface area contributed by atoms with Crippen molar-refractivity contribution < 1.29 is 4.79 Å².